The maximum Gasteiger partial charge on any atom is 0.462 e. The maximum absolute atomic E-state index is 13.7. The topological polar surface area (TPSA) is 35.5 Å². The van der Waals surface area contributed by atoms with E-state index in [2.05, 4.69) is 4.43 Å². The van der Waals surface area contributed by atoms with Gasteiger partial charge in [0.25, 0.3) is 0 Å². The number of carbonyl (C=O) groups is 1. The summed E-state index contributed by atoms with van der Waals surface area (Å²) in [5.41, 5.74) is 0. The molecule has 1 atom stereocenters. The molecule has 0 radical (unpaired) electrons. The van der Waals surface area contributed by atoms with Crippen molar-refractivity contribution in [1.82, 2.24) is 0 Å². The Kier molecular flexibility index (Phi) is 5.72. The molecule has 0 aromatic heterocycles. The minimum atomic E-state index is -7.22. The monoisotopic (exact) mass is 402 g/mol. The Morgan fingerprint density at radius 1 is 0.750 bits per heavy atom. The van der Waals surface area contributed by atoms with Crippen molar-refractivity contribution in [3.63, 3.8) is 0 Å². The van der Waals surface area contributed by atoms with Crippen LogP contribution < -0.4 is 0 Å². The molecule has 0 aliphatic carbocycles. The average Bonchev–Trinajstić information content (AvgIpc) is 2.22. The van der Waals surface area contributed by atoms with Gasteiger partial charge in [-0.3, -0.25) is 4.74 Å². The molecule has 144 valence electrons. The fourth-order valence-corrected chi connectivity index (χ4v) is 1.65. The molecule has 0 amide bonds. The molecule has 0 spiro atoms. The lowest BCUT2D eigenvalue weighted by molar-refractivity contribution is -0.474. The second-order valence-electron chi connectivity index (χ2n) is 5.29. The number of hydrogen-bond acceptors (Lipinski definition) is 3. The lowest BCUT2D eigenvalue weighted by atomic mass is 10.2. The van der Waals surface area contributed by atoms with Gasteiger partial charge in [0.2, 0.25) is 8.32 Å². The quantitative estimate of drug-likeness (QED) is 0.505. The molecule has 15 heteroatoms. The third-order valence-electron chi connectivity index (χ3n) is 2.02. The van der Waals surface area contributed by atoms with Crippen molar-refractivity contribution in [3.8, 4) is 0 Å². The maximum atomic E-state index is 13.7. The first-order chi connectivity index (χ1) is 10.1. The number of carbonyl (C=O) groups excluding carboxylic acids is 1. The van der Waals surface area contributed by atoms with Gasteiger partial charge in [0, 0.05) is 0 Å². The Bertz CT molecular complexity index is 479. The van der Waals surface area contributed by atoms with Crippen LogP contribution in [-0.4, -0.2) is 44.5 Å². The summed E-state index contributed by atoms with van der Waals surface area (Å²) in [6.45, 7) is 2.93. The summed E-state index contributed by atoms with van der Waals surface area (Å²) in [5.74, 6) is -16.7. The second-order valence-corrected chi connectivity index (χ2v) is 9.71. The Hall–Kier alpha value is -1.12. The van der Waals surface area contributed by atoms with E-state index in [1.165, 1.54) is 0 Å². The molecule has 0 heterocycles. The Morgan fingerprint density at radius 3 is 1.38 bits per heavy atom. The van der Waals surface area contributed by atoms with Gasteiger partial charge in [-0.25, -0.2) is 4.79 Å². The van der Waals surface area contributed by atoms with Crippen LogP contribution in [0.5, 0.6) is 0 Å². The Balaban J connectivity index is 5.96. The summed E-state index contributed by atoms with van der Waals surface area (Å²) in [6, 6.07) is 0. The van der Waals surface area contributed by atoms with E-state index in [-0.39, 0.29) is 0 Å². The van der Waals surface area contributed by atoms with Gasteiger partial charge in [0.15, 0.2) is 0 Å². The zero-order valence-electron chi connectivity index (χ0n) is 11.9. The molecule has 0 aromatic rings. The molecular weight excluding hydrogens is 393 g/mol. The number of hydrogen-bond donors (Lipinski definition) is 0. The fraction of sp³-hybridized carbons (Fsp3) is 0.889. The highest BCUT2D eigenvalue weighted by atomic mass is 28.4. The van der Waals surface area contributed by atoms with Gasteiger partial charge in [-0.2, -0.15) is 48.3 Å². The molecule has 3 nitrogen and oxygen atoms in total. The number of ether oxygens (including phenoxy) is 1. The molecule has 0 rings (SSSR count). The van der Waals surface area contributed by atoms with Crippen molar-refractivity contribution >= 4 is 14.3 Å². The summed E-state index contributed by atoms with van der Waals surface area (Å²) in [4.78, 5) is 11.1. The zero-order valence-corrected chi connectivity index (χ0v) is 12.9. The van der Waals surface area contributed by atoms with Crippen LogP contribution in [0.3, 0.4) is 0 Å². The number of halogens is 11. The van der Waals surface area contributed by atoms with Gasteiger partial charge < -0.3 is 4.43 Å². The van der Waals surface area contributed by atoms with Gasteiger partial charge >= 0.3 is 36.2 Å². The van der Waals surface area contributed by atoms with Gasteiger partial charge in [-0.15, -0.1) is 0 Å². The van der Waals surface area contributed by atoms with E-state index in [4.69, 9.17) is 0 Å². The van der Waals surface area contributed by atoms with Crippen LogP contribution in [0.1, 0.15) is 0 Å². The Labute approximate surface area is 127 Å². The van der Waals surface area contributed by atoms with E-state index in [1.54, 1.807) is 0 Å². The predicted octanol–water partition coefficient (Wildman–Crippen LogP) is 4.40. The molecule has 0 aromatic carbocycles. The smallest absolute Gasteiger partial charge is 0.462 e. The normalized spacial score (nSPS) is 17.4. The van der Waals surface area contributed by atoms with Crippen molar-refractivity contribution in [2.24, 2.45) is 0 Å². The largest absolute Gasteiger partial charge is 0.515 e. The molecule has 0 N–H and O–H groups in total. The van der Waals surface area contributed by atoms with Crippen LogP contribution in [0.2, 0.25) is 19.6 Å². The third-order valence-corrected chi connectivity index (χ3v) is 2.81. The van der Waals surface area contributed by atoms with Gasteiger partial charge in [0.05, 0.1) is 0 Å². The van der Waals surface area contributed by atoms with Crippen LogP contribution in [0.4, 0.5) is 48.3 Å². The molecule has 24 heavy (non-hydrogen) atoms. The molecule has 0 fully saturated rings. The fourth-order valence-electron chi connectivity index (χ4n) is 0.965. The lowest BCUT2D eigenvalue weighted by Crippen LogP contribution is -2.62. The van der Waals surface area contributed by atoms with Crippen LogP contribution in [-0.2, 0) is 14.0 Å². The summed E-state index contributed by atoms with van der Waals surface area (Å²) in [5, 5.41) is 0. The van der Waals surface area contributed by atoms with Crippen molar-refractivity contribution in [1.29, 1.82) is 0 Å². The lowest BCUT2D eigenvalue weighted by Gasteiger charge is -2.34. The van der Waals surface area contributed by atoms with Crippen molar-refractivity contribution in [2.75, 3.05) is 0 Å². The molecule has 0 bridgehead atoms. The van der Waals surface area contributed by atoms with Crippen LogP contribution in [0.15, 0.2) is 0 Å². The van der Waals surface area contributed by atoms with E-state index < -0.39 is 44.5 Å². The minimum Gasteiger partial charge on any atom is -0.515 e. The van der Waals surface area contributed by atoms with Gasteiger partial charge in [-0.05, 0) is 19.6 Å². The summed E-state index contributed by atoms with van der Waals surface area (Å²) in [6.07, 6.45) is -20.9. The first-order valence-electron chi connectivity index (χ1n) is 5.60. The van der Waals surface area contributed by atoms with E-state index in [0.29, 0.717) is 0 Å². The number of rotatable bonds is 5. The Morgan fingerprint density at radius 2 is 1.12 bits per heavy atom. The van der Waals surface area contributed by atoms with Crippen molar-refractivity contribution in [3.05, 3.63) is 0 Å². The SMILES string of the molecule is C[Si](C)(C)OC(=O)[C@@](F)(OC(F)(F)C(F)(F)C(F)(F)F)C(F)(F)F. The predicted molar refractivity (Wildman–Crippen MR) is 56.4 cm³/mol. The van der Waals surface area contributed by atoms with E-state index >= 15 is 0 Å². The van der Waals surface area contributed by atoms with Crippen LogP contribution in [0.25, 0.3) is 0 Å². The molecule has 0 unspecified atom stereocenters. The molecule has 0 aliphatic rings. The van der Waals surface area contributed by atoms with Crippen LogP contribution in [0, 0.1) is 0 Å². The summed E-state index contributed by atoms with van der Waals surface area (Å²) in [7, 11) is -3.39. The number of alkyl halides is 11. The third kappa shape index (κ3) is 4.49. The highest BCUT2D eigenvalue weighted by Crippen LogP contribution is 2.51. The van der Waals surface area contributed by atoms with Gasteiger partial charge in [0.1, 0.15) is 0 Å². The highest BCUT2D eigenvalue weighted by molar-refractivity contribution is 6.71. The standard InChI is InChI=1S/C9H9F11O3Si/c1-24(2,3)22-4(21)5(10,7(13,14)15)23-9(19,20)6(11,12)8(16,17)18/h1-3H3/t5-/m1/s1. The van der Waals surface area contributed by atoms with Crippen molar-refractivity contribution in [2.45, 2.75) is 49.9 Å². The van der Waals surface area contributed by atoms with E-state index in [0.717, 1.165) is 19.6 Å². The average molecular weight is 402 g/mol. The van der Waals surface area contributed by atoms with Gasteiger partial charge in [-0.1, -0.05) is 0 Å². The summed E-state index contributed by atoms with van der Waals surface area (Å²) >= 11 is 0. The zero-order chi connectivity index (χ0) is 20.0. The first-order valence-corrected chi connectivity index (χ1v) is 9.01. The van der Waals surface area contributed by atoms with Crippen LogP contribution >= 0.6 is 0 Å². The first kappa shape index (κ1) is 22.9. The highest BCUT2D eigenvalue weighted by Gasteiger charge is 2.80. The minimum absolute atomic E-state index is 0.976. The molecule has 0 saturated carbocycles. The van der Waals surface area contributed by atoms with Crippen molar-refractivity contribution < 1.29 is 62.3 Å². The second kappa shape index (κ2) is 6.00. The van der Waals surface area contributed by atoms with E-state index in [1.807, 2.05) is 4.74 Å². The molecule has 0 saturated heterocycles. The summed E-state index contributed by atoms with van der Waals surface area (Å²) < 4.78 is 144. The molecular formula is C9H9F11O3Si. The molecule has 0 aliphatic heterocycles. The van der Waals surface area contributed by atoms with E-state index in [9.17, 15) is 53.1 Å².